The van der Waals surface area contributed by atoms with Gasteiger partial charge in [-0.05, 0) is 13.3 Å². The lowest BCUT2D eigenvalue weighted by atomic mass is 10.3. The Morgan fingerprint density at radius 1 is 1.42 bits per heavy atom. The van der Waals surface area contributed by atoms with Crippen molar-refractivity contribution in [3.63, 3.8) is 0 Å². The molecule has 62 valence electrons. The predicted molar refractivity (Wildman–Crippen MR) is 49.3 cm³/mol. The highest BCUT2D eigenvalue weighted by atomic mass is 32.1. The van der Waals surface area contributed by atoms with Crippen LogP contribution in [0.5, 0.6) is 0 Å². The number of rotatable bonds is 1. The molecule has 3 nitrogen and oxygen atoms in total. The van der Waals surface area contributed by atoms with Crippen molar-refractivity contribution in [1.29, 1.82) is 0 Å². The Bertz CT molecular complexity index is 408. The Balaban J connectivity index is 2.78. The van der Waals surface area contributed by atoms with Crippen LogP contribution >= 0.6 is 11.3 Å². The summed E-state index contributed by atoms with van der Waals surface area (Å²) < 4.78 is 0. The first kappa shape index (κ1) is 7.61. The predicted octanol–water partition coefficient (Wildman–Crippen LogP) is 1.96. The molecule has 0 N–H and O–H groups in total. The molecule has 0 aliphatic carbocycles. The molecule has 0 saturated heterocycles. The van der Waals surface area contributed by atoms with Crippen molar-refractivity contribution in [3.05, 3.63) is 17.0 Å². The SMILES string of the molecule is CCc1ncnc2sc(C)nc12. The highest BCUT2D eigenvalue weighted by Crippen LogP contribution is 2.20. The first-order valence-electron chi connectivity index (χ1n) is 3.88. The van der Waals surface area contributed by atoms with Crippen LogP contribution in [0.15, 0.2) is 6.33 Å². The summed E-state index contributed by atoms with van der Waals surface area (Å²) in [5.74, 6) is 0. The first-order valence-corrected chi connectivity index (χ1v) is 4.70. The van der Waals surface area contributed by atoms with E-state index in [1.165, 1.54) is 0 Å². The maximum Gasteiger partial charge on any atom is 0.147 e. The number of fused-ring (bicyclic) bond motifs is 1. The Kier molecular flexibility index (Phi) is 1.77. The van der Waals surface area contributed by atoms with Crippen molar-refractivity contribution < 1.29 is 0 Å². The van der Waals surface area contributed by atoms with E-state index in [4.69, 9.17) is 0 Å². The van der Waals surface area contributed by atoms with Crippen molar-refractivity contribution in [2.45, 2.75) is 20.3 Å². The molecule has 2 aromatic rings. The number of hydrogen-bond acceptors (Lipinski definition) is 4. The summed E-state index contributed by atoms with van der Waals surface area (Å²) in [6.45, 7) is 4.07. The van der Waals surface area contributed by atoms with Crippen LogP contribution in [0.4, 0.5) is 0 Å². The van der Waals surface area contributed by atoms with Crippen molar-refractivity contribution in [2.75, 3.05) is 0 Å². The van der Waals surface area contributed by atoms with Gasteiger partial charge in [0.1, 0.15) is 16.7 Å². The average molecular weight is 179 g/mol. The third kappa shape index (κ3) is 1.08. The van der Waals surface area contributed by atoms with Gasteiger partial charge in [0, 0.05) is 0 Å². The first-order chi connectivity index (χ1) is 5.81. The molecule has 4 heteroatoms. The van der Waals surface area contributed by atoms with Gasteiger partial charge in [0.15, 0.2) is 0 Å². The molecular formula is C8H9N3S. The Labute approximate surface area is 74.5 Å². The lowest BCUT2D eigenvalue weighted by Gasteiger charge is -1.93. The molecule has 0 saturated carbocycles. The molecule has 2 heterocycles. The molecule has 0 fully saturated rings. The third-order valence-electron chi connectivity index (χ3n) is 1.71. The summed E-state index contributed by atoms with van der Waals surface area (Å²) in [7, 11) is 0. The molecule has 0 amide bonds. The second kappa shape index (κ2) is 2.79. The second-order valence-corrected chi connectivity index (χ2v) is 3.74. The zero-order valence-electron chi connectivity index (χ0n) is 7.03. The highest BCUT2D eigenvalue weighted by molar-refractivity contribution is 7.18. The molecule has 2 aromatic heterocycles. The van der Waals surface area contributed by atoms with Gasteiger partial charge in [0.2, 0.25) is 0 Å². The minimum Gasteiger partial charge on any atom is -0.239 e. The van der Waals surface area contributed by atoms with Crippen LogP contribution in [0.25, 0.3) is 10.3 Å². The molecule has 2 rings (SSSR count). The fraction of sp³-hybridized carbons (Fsp3) is 0.375. The average Bonchev–Trinajstić information content (AvgIpc) is 2.44. The van der Waals surface area contributed by atoms with Crippen LogP contribution in [0.1, 0.15) is 17.6 Å². The van der Waals surface area contributed by atoms with Gasteiger partial charge in [-0.15, -0.1) is 0 Å². The van der Waals surface area contributed by atoms with E-state index < -0.39 is 0 Å². The van der Waals surface area contributed by atoms with E-state index >= 15 is 0 Å². The Morgan fingerprint density at radius 3 is 3.00 bits per heavy atom. The molecule has 0 aliphatic heterocycles. The van der Waals surface area contributed by atoms with Crippen molar-refractivity contribution in [2.24, 2.45) is 0 Å². The largest absolute Gasteiger partial charge is 0.239 e. The highest BCUT2D eigenvalue weighted by Gasteiger charge is 2.05. The molecule has 0 aromatic carbocycles. The van der Waals surface area contributed by atoms with Crippen molar-refractivity contribution in [3.8, 4) is 0 Å². The van der Waals surface area contributed by atoms with E-state index in [0.29, 0.717) is 0 Å². The van der Waals surface area contributed by atoms with Crippen LogP contribution in [0.3, 0.4) is 0 Å². The summed E-state index contributed by atoms with van der Waals surface area (Å²) in [6, 6.07) is 0. The number of nitrogens with zero attached hydrogens (tertiary/aromatic N) is 3. The second-order valence-electron chi connectivity index (χ2n) is 2.56. The zero-order valence-corrected chi connectivity index (χ0v) is 7.85. The van der Waals surface area contributed by atoms with Gasteiger partial charge in [-0.2, -0.15) is 0 Å². The number of thiazole rings is 1. The molecule has 0 unspecified atom stereocenters. The van der Waals surface area contributed by atoms with Crippen LogP contribution < -0.4 is 0 Å². The molecule has 0 spiro atoms. The van der Waals surface area contributed by atoms with Crippen molar-refractivity contribution >= 4 is 21.7 Å². The van der Waals surface area contributed by atoms with Gasteiger partial charge in [-0.25, -0.2) is 15.0 Å². The van der Waals surface area contributed by atoms with E-state index in [9.17, 15) is 0 Å². The Morgan fingerprint density at radius 2 is 2.25 bits per heavy atom. The lowest BCUT2D eigenvalue weighted by molar-refractivity contribution is 1.02. The Hall–Kier alpha value is -1.03. The van der Waals surface area contributed by atoms with E-state index in [0.717, 1.165) is 27.5 Å². The van der Waals surface area contributed by atoms with Gasteiger partial charge in [0.25, 0.3) is 0 Å². The van der Waals surface area contributed by atoms with Gasteiger partial charge >= 0.3 is 0 Å². The fourth-order valence-corrected chi connectivity index (χ4v) is 1.94. The lowest BCUT2D eigenvalue weighted by Crippen LogP contribution is -1.89. The monoisotopic (exact) mass is 179 g/mol. The standard InChI is InChI=1S/C8H9N3S/c1-3-6-7-8(10-4-9-6)12-5(2)11-7/h4H,3H2,1-2H3. The van der Waals surface area contributed by atoms with Crippen LogP contribution in [-0.4, -0.2) is 15.0 Å². The fourth-order valence-electron chi connectivity index (χ4n) is 1.16. The number of aryl methyl sites for hydroxylation is 2. The minimum absolute atomic E-state index is 0.919. The molecule has 0 aliphatic rings. The van der Waals surface area contributed by atoms with Gasteiger partial charge in [-0.1, -0.05) is 18.3 Å². The van der Waals surface area contributed by atoms with Gasteiger partial charge < -0.3 is 0 Å². The quantitative estimate of drug-likeness (QED) is 0.671. The molecule has 12 heavy (non-hydrogen) atoms. The summed E-state index contributed by atoms with van der Waals surface area (Å²) in [6.07, 6.45) is 2.53. The topological polar surface area (TPSA) is 38.7 Å². The zero-order chi connectivity index (χ0) is 8.55. The van der Waals surface area contributed by atoms with Crippen molar-refractivity contribution in [1.82, 2.24) is 15.0 Å². The molecular weight excluding hydrogens is 170 g/mol. The molecule has 0 radical (unpaired) electrons. The molecule has 0 bridgehead atoms. The minimum atomic E-state index is 0.919. The van der Waals surface area contributed by atoms with E-state index in [1.54, 1.807) is 17.7 Å². The van der Waals surface area contributed by atoms with E-state index in [2.05, 4.69) is 21.9 Å². The summed E-state index contributed by atoms with van der Waals surface area (Å²) in [4.78, 5) is 13.7. The number of aromatic nitrogens is 3. The van der Waals surface area contributed by atoms with Gasteiger partial charge in [-0.3, -0.25) is 0 Å². The van der Waals surface area contributed by atoms with Crippen LogP contribution in [-0.2, 0) is 6.42 Å². The molecule has 0 atom stereocenters. The third-order valence-corrected chi connectivity index (χ3v) is 2.59. The summed E-state index contributed by atoms with van der Waals surface area (Å²) in [5.41, 5.74) is 2.02. The number of hydrogen-bond donors (Lipinski definition) is 0. The van der Waals surface area contributed by atoms with Gasteiger partial charge in [0.05, 0.1) is 10.7 Å². The van der Waals surface area contributed by atoms with Crippen LogP contribution in [0, 0.1) is 6.92 Å². The maximum absolute atomic E-state index is 4.38. The normalized spacial score (nSPS) is 10.8. The smallest absolute Gasteiger partial charge is 0.147 e. The summed E-state index contributed by atoms with van der Waals surface area (Å²) >= 11 is 1.62. The van der Waals surface area contributed by atoms with E-state index in [1.807, 2.05) is 6.92 Å². The summed E-state index contributed by atoms with van der Waals surface area (Å²) in [5, 5.41) is 1.06. The maximum atomic E-state index is 4.38. The van der Waals surface area contributed by atoms with Crippen LogP contribution in [0.2, 0.25) is 0 Å². The van der Waals surface area contributed by atoms with E-state index in [-0.39, 0.29) is 0 Å².